The summed E-state index contributed by atoms with van der Waals surface area (Å²) in [6.45, 7) is 4.29. The molecule has 12 heavy (non-hydrogen) atoms. The predicted molar refractivity (Wildman–Crippen MR) is 48.5 cm³/mol. The molecule has 0 spiro atoms. The van der Waals surface area contributed by atoms with Crippen molar-refractivity contribution in [3.05, 3.63) is 22.5 Å². The van der Waals surface area contributed by atoms with Gasteiger partial charge in [-0.15, -0.1) is 0 Å². The highest BCUT2D eigenvalue weighted by Gasteiger charge is 2.27. The van der Waals surface area contributed by atoms with Gasteiger partial charge in [-0.05, 0) is 43.3 Å². The van der Waals surface area contributed by atoms with Crippen LogP contribution in [0.3, 0.4) is 0 Å². The topological polar surface area (TPSA) is 0 Å². The summed E-state index contributed by atoms with van der Waals surface area (Å²) < 4.78 is 13.4. The lowest BCUT2D eigenvalue weighted by Crippen LogP contribution is -2.07. The van der Waals surface area contributed by atoms with Crippen molar-refractivity contribution in [1.82, 2.24) is 0 Å². The normalized spacial score (nSPS) is 29.8. The number of hydrogen-bond acceptors (Lipinski definition) is 0. The summed E-state index contributed by atoms with van der Waals surface area (Å²) in [7, 11) is 0. The Kier molecular flexibility index (Phi) is 1.82. The third kappa shape index (κ3) is 1.03. The first-order chi connectivity index (χ1) is 5.70. The third-order valence-electron chi connectivity index (χ3n) is 3.25. The molecular weight excluding hydrogens is 151 g/mol. The smallest absolute Gasteiger partial charge is 0.104 e. The fourth-order valence-electron chi connectivity index (χ4n) is 2.32. The van der Waals surface area contributed by atoms with Gasteiger partial charge in [-0.2, -0.15) is 0 Å². The highest BCUT2D eigenvalue weighted by atomic mass is 19.1. The second kappa shape index (κ2) is 2.72. The summed E-state index contributed by atoms with van der Waals surface area (Å²) in [5.41, 5.74) is 3.82. The van der Waals surface area contributed by atoms with E-state index in [1.807, 2.05) is 0 Å². The lowest BCUT2D eigenvalue weighted by atomic mass is 9.85. The molecule has 0 saturated heterocycles. The largest absolute Gasteiger partial charge is 0.211 e. The Bertz CT molecular complexity index is 271. The van der Waals surface area contributed by atoms with Crippen molar-refractivity contribution in [3.8, 4) is 0 Å². The van der Waals surface area contributed by atoms with Crippen LogP contribution in [0.25, 0.3) is 0 Å². The Morgan fingerprint density at radius 3 is 2.67 bits per heavy atom. The molecule has 0 aromatic rings. The molecule has 2 rings (SSSR count). The number of halogens is 1. The number of fused-ring (bicyclic) bond motifs is 1. The Morgan fingerprint density at radius 1 is 1.25 bits per heavy atom. The maximum absolute atomic E-state index is 13.4. The van der Waals surface area contributed by atoms with E-state index in [4.69, 9.17) is 0 Å². The highest BCUT2D eigenvalue weighted by Crippen LogP contribution is 2.43. The van der Waals surface area contributed by atoms with Crippen molar-refractivity contribution < 1.29 is 4.39 Å². The van der Waals surface area contributed by atoms with E-state index >= 15 is 0 Å². The van der Waals surface area contributed by atoms with Gasteiger partial charge in [0.1, 0.15) is 5.83 Å². The van der Waals surface area contributed by atoms with Crippen LogP contribution in [0.2, 0.25) is 0 Å². The number of hydrogen-bond donors (Lipinski definition) is 0. The minimum Gasteiger partial charge on any atom is -0.211 e. The van der Waals surface area contributed by atoms with Gasteiger partial charge in [0.2, 0.25) is 0 Å². The summed E-state index contributed by atoms with van der Waals surface area (Å²) in [5, 5.41) is 0. The van der Waals surface area contributed by atoms with Gasteiger partial charge in [0, 0.05) is 6.42 Å². The van der Waals surface area contributed by atoms with Gasteiger partial charge in [-0.3, -0.25) is 0 Å². The molecule has 0 heterocycles. The summed E-state index contributed by atoms with van der Waals surface area (Å²) in [5.74, 6) is 0.599. The fourth-order valence-corrected chi connectivity index (χ4v) is 2.32. The first-order valence-corrected chi connectivity index (χ1v) is 4.77. The van der Waals surface area contributed by atoms with Gasteiger partial charge in [0.05, 0.1) is 0 Å². The van der Waals surface area contributed by atoms with Crippen LogP contribution >= 0.6 is 0 Å². The maximum atomic E-state index is 13.4. The molecule has 1 unspecified atom stereocenters. The predicted octanol–water partition coefficient (Wildman–Crippen LogP) is 3.75. The molecule has 1 fully saturated rings. The molecule has 0 aromatic carbocycles. The van der Waals surface area contributed by atoms with Crippen LogP contribution in [-0.2, 0) is 0 Å². The van der Waals surface area contributed by atoms with Gasteiger partial charge >= 0.3 is 0 Å². The first-order valence-electron chi connectivity index (χ1n) is 4.77. The van der Waals surface area contributed by atoms with E-state index in [2.05, 4.69) is 13.8 Å². The van der Waals surface area contributed by atoms with Crippen LogP contribution in [0.4, 0.5) is 4.39 Å². The van der Waals surface area contributed by atoms with Crippen LogP contribution in [0.5, 0.6) is 0 Å². The van der Waals surface area contributed by atoms with E-state index in [1.165, 1.54) is 11.1 Å². The molecule has 2 aliphatic carbocycles. The Morgan fingerprint density at radius 2 is 1.92 bits per heavy atom. The number of allylic oxidation sites excluding steroid dienone is 4. The zero-order valence-electron chi connectivity index (χ0n) is 7.78. The van der Waals surface area contributed by atoms with E-state index in [1.54, 1.807) is 0 Å². The summed E-state index contributed by atoms with van der Waals surface area (Å²) in [6.07, 6.45) is 3.89. The van der Waals surface area contributed by atoms with Crippen LogP contribution in [0, 0.1) is 5.92 Å². The standard InChI is InChI=1S/C11H15F/c1-7-6-11(12)10-5-3-4-9(10)8(7)2/h7H,3-6H2,1-2H3. The van der Waals surface area contributed by atoms with Crippen LogP contribution in [-0.4, -0.2) is 0 Å². The van der Waals surface area contributed by atoms with E-state index in [0.717, 1.165) is 24.8 Å². The average Bonchev–Trinajstić information content (AvgIpc) is 2.48. The van der Waals surface area contributed by atoms with E-state index in [9.17, 15) is 4.39 Å². The third-order valence-corrected chi connectivity index (χ3v) is 3.25. The van der Waals surface area contributed by atoms with Gasteiger partial charge in [-0.25, -0.2) is 4.39 Å². The molecule has 1 heteroatoms. The molecule has 1 saturated carbocycles. The second-order valence-electron chi connectivity index (χ2n) is 4.00. The van der Waals surface area contributed by atoms with Gasteiger partial charge in [-0.1, -0.05) is 12.5 Å². The van der Waals surface area contributed by atoms with Gasteiger partial charge < -0.3 is 0 Å². The second-order valence-corrected chi connectivity index (χ2v) is 4.00. The van der Waals surface area contributed by atoms with Crippen molar-refractivity contribution in [2.24, 2.45) is 5.92 Å². The molecule has 0 aromatic heterocycles. The lowest BCUT2D eigenvalue weighted by molar-refractivity contribution is 0.506. The number of rotatable bonds is 0. The zero-order valence-corrected chi connectivity index (χ0v) is 7.78. The quantitative estimate of drug-likeness (QED) is 0.514. The monoisotopic (exact) mass is 166 g/mol. The molecule has 0 aliphatic heterocycles. The molecule has 0 bridgehead atoms. The lowest BCUT2D eigenvalue weighted by Gasteiger charge is -2.21. The highest BCUT2D eigenvalue weighted by molar-refractivity contribution is 5.43. The van der Waals surface area contributed by atoms with Crippen molar-refractivity contribution >= 4 is 0 Å². The molecule has 0 amide bonds. The van der Waals surface area contributed by atoms with E-state index < -0.39 is 0 Å². The molecule has 2 aliphatic rings. The SMILES string of the molecule is CC1=C2CCCC2=C(F)CC1C. The Labute approximate surface area is 73.2 Å². The van der Waals surface area contributed by atoms with E-state index in [-0.39, 0.29) is 5.83 Å². The molecule has 0 radical (unpaired) electrons. The molecule has 66 valence electrons. The van der Waals surface area contributed by atoms with Crippen molar-refractivity contribution in [2.45, 2.75) is 39.5 Å². The van der Waals surface area contributed by atoms with Crippen LogP contribution in [0.15, 0.2) is 22.5 Å². The Balaban J connectivity index is 2.46. The van der Waals surface area contributed by atoms with Crippen molar-refractivity contribution in [1.29, 1.82) is 0 Å². The summed E-state index contributed by atoms with van der Waals surface area (Å²) >= 11 is 0. The fraction of sp³-hybridized carbons (Fsp3) is 0.636. The molecule has 0 nitrogen and oxygen atoms in total. The maximum Gasteiger partial charge on any atom is 0.104 e. The van der Waals surface area contributed by atoms with Gasteiger partial charge in [0.15, 0.2) is 0 Å². The molecule has 1 atom stereocenters. The minimum absolute atomic E-state index is 0.167. The van der Waals surface area contributed by atoms with Gasteiger partial charge in [0.25, 0.3) is 0 Å². The zero-order chi connectivity index (χ0) is 8.72. The Hall–Kier alpha value is -0.590. The summed E-state index contributed by atoms with van der Waals surface area (Å²) in [4.78, 5) is 0. The van der Waals surface area contributed by atoms with Crippen LogP contribution in [0.1, 0.15) is 39.5 Å². The van der Waals surface area contributed by atoms with E-state index in [0.29, 0.717) is 12.3 Å². The molecular formula is C11H15F. The van der Waals surface area contributed by atoms with Crippen molar-refractivity contribution in [2.75, 3.05) is 0 Å². The van der Waals surface area contributed by atoms with Crippen molar-refractivity contribution in [3.63, 3.8) is 0 Å². The average molecular weight is 166 g/mol. The minimum atomic E-state index is 0.167. The summed E-state index contributed by atoms with van der Waals surface area (Å²) in [6, 6.07) is 0. The molecule has 0 N–H and O–H groups in total. The first kappa shape index (κ1) is 8.03. The van der Waals surface area contributed by atoms with Crippen LogP contribution < -0.4 is 0 Å².